The van der Waals surface area contributed by atoms with Crippen molar-refractivity contribution in [1.82, 2.24) is 5.32 Å². The minimum absolute atomic E-state index is 0.165. The minimum atomic E-state index is -0.203. The largest absolute Gasteiger partial charge is 0.356 e. The van der Waals surface area contributed by atoms with Crippen LogP contribution < -0.4 is 11.1 Å². The van der Waals surface area contributed by atoms with Gasteiger partial charge in [-0.25, -0.2) is 0 Å². The Kier molecular flexibility index (Phi) is 4.66. The molecule has 0 aromatic rings. The van der Waals surface area contributed by atoms with Gasteiger partial charge in [0.25, 0.3) is 0 Å². The van der Waals surface area contributed by atoms with Gasteiger partial charge >= 0.3 is 0 Å². The normalized spacial score (nSPS) is 31.2. The van der Waals surface area contributed by atoms with Crippen molar-refractivity contribution in [3.8, 4) is 0 Å². The minimum Gasteiger partial charge on any atom is -0.356 e. The molecule has 2 aliphatic rings. The van der Waals surface area contributed by atoms with Crippen molar-refractivity contribution in [2.24, 2.45) is 17.6 Å². The monoisotopic (exact) mass is 252 g/mol. The quantitative estimate of drug-likeness (QED) is 0.808. The highest BCUT2D eigenvalue weighted by atomic mass is 16.1. The molecular weight excluding hydrogens is 224 g/mol. The predicted molar refractivity (Wildman–Crippen MR) is 74.1 cm³/mol. The SMILES string of the molecule is CC1CCC(CNC(=O)CC2(N)CCCC2)CC1. The third kappa shape index (κ3) is 3.98. The van der Waals surface area contributed by atoms with Crippen LogP contribution >= 0.6 is 0 Å². The standard InChI is InChI=1S/C15H28N2O/c1-12-4-6-13(7-5-12)11-17-14(18)10-15(16)8-2-3-9-15/h12-13H,2-11,16H2,1H3,(H,17,18). The number of nitrogens with one attached hydrogen (secondary N) is 1. The topological polar surface area (TPSA) is 55.1 Å². The van der Waals surface area contributed by atoms with Gasteiger partial charge in [0, 0.05) is 18.5 Å². The number of carbonyl (C=O) groups excluding carboxylic acids is 1. The molecule has 18 heavy (non-hydrogen) atoms. The summed E-state index contributed by atoms with van der Waals surface area (Å²) >= 11 is 0. The highest BCUT2D eigenvalue weighted by Crippen LogP contribution is 2.30. The zero-order valence-electron chi connectivity index (χ0n) is 11.7. The van der Waals surface area contributed by atoms with Crippen LogP contribution in [0.1, 0.15) is 64.7 Å². The van der Waals surface area contributed by atoms with Gasteiger partial charge < -0.3 is 11.1 Å². The zero-order chi connectivity index (χ0) is 13.0. The van der Waals surface area contributed by atoms with Crippen LogP contribution in [0.2, 0.25) is 0 Å². The fourth-order valence-electron chi connectivity index (χ4n) is 3.43. The molecule has 2 saturated carbocycles. The van der Waals surface area contributed by atoms with Crippen LogP contribution in [0.25, 0.3) is 0 Å². The summed E-state index contributed by atoms with van der Waals surface area (Å²) in [4.78, 5) is 11.9. The summed E-state index contributed by atoms with van der Waals surface area (Å²) in [5, 5.41) is 3.10. The molecule has 0 saturated heterocycles. The Hall–Kier alpha value is -0.570. The smallest absolute Gasteiger partial charge is 0.221 e. The van der Waals surface area contributed by atoms with E-state index < -0.39 is 0 Å². The zero-order valence-corrected chi connectivity index (χ0v) is 11.7. The molecule has 0 unspecified atom stereocenters. The first kappa shape index (κ1) is 13.9. The molecule has 0 heterocycles. The molecule has 3 heteroatoms. The molecule has 0 aliphatic heterocycles. The maximum Gasteiger partial charge on any atom is 0.221 e. The summed E-state index contributed by atoms with van der Waals surface area (Å²) in [5.41, 5.74) is 6.02. The van der Waals surface area contributed by atoms with Gasteiger partial charge in [-0.2, -0.15) is 0 Å². The Bertz CT molecular complexity index is 276. The lowest BCUT2D eigenvalue weighted by molar-refractivity contribution is -0.122. The van der Waals surface area contributed by atoms with E-state index in [9.17, 15) is 4.79 Å². The molecule has 0 radical (unpaired) electrons. The van der Waals surface area contributed by atoms with Crippen molar-refractivity contribution >= 4 is 5.91 Å². The maximum absolute atomic E-state index is 11.9. The highest BCUT2D eigenvalue weighted by molar-refractivity contribution is 5.77. The van der Waals surface area contributed by atoms with E-state index in [2.05, 4.69) is 12.2 Å². The second-order valence-electron chi connectivity index (χ2n) is 6.68. The fourth-order valence-corrected chi connectivity index (χ4v) is 3.43. The third-order valence-electron chi connectivity index (χ3n) is 4.84. The fraction of sp³-hybridized carbons (Fsp3) is 0.933. The van der Waals surface area contributed by atoms with Crippen molar-refractivity contribution in [1.29, 1.82) is 0 Å². The Morgan fingerprint density at radius 1 is 1.22 bits per heavy atom. The number of rotatable bonds is 4. The number of hydrogen-bond acceptors (Lipinski definition) is 2. The summed E-state index contributed by atoms with van der Waals surface area (Å²) in [6.45, 7) is 3.19. The Labute approximate surface area is 111 Å². The summed E-state index contributed by atoms with van der Waals surface area (Å²) in [6, 6.07) is 0. The highest BCUT2D eigenvalue weighted by Gasteiger charge is 2.31. The van der Waals surface area contributed by atoms with Crippen molar-refractivity contribution in [3.05, 3.63) is 0 Å². The maximum atomic E-state index is 11.9. The van der Waals surface area contributed by atoms with E-state index in [1.807, 2.05) is 0 Å². The Morgan fingerprint density at radius 2 is 1.83 bits per heavy atom. The van der Waals surface area contributed by atoms with E-state index in [1.165, 1.54) is 38.5 Å². The van der Waals surface area contributed by atoms with Crippen LogP contribution in [0.3, 0.4) is 0 Å². The number of amides is 1. The van der Waals surface area contributed by atoms with E-state index >= 15 is 0 Å². The van der Waals surface area contributed by atoms with Gasteiger partial charge in [0.05, 0.1) is 0 Å². The van der Waals surface area contributed by atoms with Crippen LogP contribution in [-0.2, 0) is 4.79 Å². The first-order valence-corrected chi connectivity index (χ1v) is 7.63. The van der Waals surface area contributed by atoms with Gasteiger partial charge in [-0.1, -0.05) is 32.6 Å². The molecule has 2 fully saturated rings. The van der Waals surface area contributed by atoms with E-state index in [-0.39, 0.29) is 11.4 Å². The molecule has 2 rings (SSSR count). The van der Waals surface area contributed by atoms with Crippen LogP contribution in [0.5, 0.6) is 0 Å². The molecule has 0 spiro atoms. The molecule has 3 nitrogen and oxygen atoms in total. The van der Waals surface area contributed by atoms with Crippen LogP contribution in [0.4, 0.5) is 0 Å². The molecule has 0 aromatic heterocycles. The lowest BCUT2D eigenvalue weighted by atomic mass is 9.83. The van der Waals surface area contributed by atoms with E-state index in [4.69, 9.17) is 5.73 Å². The average Bonchev–Trinajstić information content (AvgIpc) is 2.75. The summed E-state index contributed by atoms with van der Waals surface area (Å²) < 4.78 is 0. The summed E-state index contributed by atoms with van der Waals surface area (Å²) in [7, 11) is 0. The van der Waals surface area contributed by atoms with Crippen molar-refractivity contribution < 1.29 is 4.79 Å². The molecule has 3 N–H and O–H groups in total. The first-order chi connectivity index (χ1) is 8.57. The number of hydrogen-bond donors (Lipinski definition) is 2. The second kappa shape index (κ2) is 6.05. The van der Waals surface area contributed by atoms with Gasteiger partial charge in [0.15, 0.2) is 0 Å². The van der Waals surface area contributed by atoms with Crippen molar-refractivity contribution in [2.75, 3.05) is 6.54 Å². The van der Waals surface area contributed by atoms with Gasteiger partial charge in [-0.15, -0.1) is 0 Å². The molecule has 2 aliphatic carbocycles. The Balaban J connectivity index is 1.65. The molecule has 104 valence electrons. The average molecular weight is 252 g/mol. The second-order valence-corrected chi connectivity index (χ2v) is 6.68. The van der Waals surface area contributed by atoms with Gasteiger partial charge in [0.2, 0.25) is 5.91 Å². The molecule has 0 aromatic carbocycles. The number of nitrogens with two attached hydrogens (primary N) is 1. The summed E-state index contributed by atoms with van der Waals surface area (Å²) in [6.07, 6.45) is 10.1. The molecule has 0 bridgehead atoms. The van der Waals surface area contributed by atoms with Gasteiger partial charge in [-0.05, 0) is 37.5 Å². The molecule has 0 atom stereocenters. The van der Waals surface area contributed by atoms with E-state index in [1.54, 1.807) is 0 Å². The van der Waals surface area contributed by atoms with Crippen LogP contribution in [0, 0.1) is 11.8 Å². The summed E-state index contributed by atoms with van der Waals surface area (Å²) in [5.74, 6) is 1.74. The lowest BCUT2D eigenvalue weighted by Gasteiger charge is -2.27. The van der Waals surface area contributed by atoms with Crippen molar-refractivity contribution in [3.63, 3.8) is 0 Å². The van der Waals surface area contributed by atoms with E-state index in [0.29, 0.717) is 12.3 Å². The predicted octanol–water partition coefficient (Wildman–Crippen LogP) is 2.59. The Morgan fingerprint density at radius 3 is 2.44 bits per heavy atom. The van der Waals surface area contributed by atoms with Crippen molar-refractivity contribution in [2.45, 2.75) is 70.3 Å². The van der Waals surface area contributed by atoms with E-state index in [0.717, 1.165) is 25.3 Å². The molecular formula is C15H28N2O. The first-order valence-electron chi connectivity index (χ1n) is 7.63. The number of carbonyl (C=O) groups is 1. The van der Waals surface area contributed by atoms with Crippen LogP contribution in [0.15, 0.2) is 0 Å². The van der Waals surface area contributed by atoms with Gasteiger partial charge in [0.1, 0.15) is 0 Å². The lowest BCUT2D eigenvalue weighted by Crippen LogP contribution is -2.43. The molecule has 1 amide bonds. The van der Waals surface area contributed by atoms with Crippen LogP contribution in [-0.4, -0.2) is 18.0 Å². The van der Waals surface area contributed by atoms with Gasteiger partial charge in [-0.3, -0.25) is 4.79 Å². The third-order valence-corrected chi connectivity index (χ3v) is 4.84.